The summed E-state index contributed by atoms with van der Waals surface area (Å²) in [6, 6.07) is 0. The van der Waals surface area contributed by atoms with Crippen LogP contribution in [0.4, 0.5) is 0 Å². The molecule has 57 valence electrons. The van der Waals surface area contributed by atoms with E-state index in [2.05, 4.69) is 10.2 Å². The Kier molecular flexibility index (Phi) is 1.88. The van der Waals surface area contributed by atoms with E-state index in [1.165, 1.54) is 19.5 Å². The molecule has 1 unspecified atom stereocenters. The number of morpholine rings is 1. The van der Waals surface area contributed by atoms with E-state index in [-0.39, 0.29) is 0 Å². The van der Waals surface area contributed by atoms with Crippen molar-refractivity contribution in [2.45, 2.75) is 12.6 Å². The molecule has 3 heteroatoms. The van der Waals surface area contributed by atoms with Gasteiger partial charge in [-0.15, -0.1) is 0 Å². The fourth-order valence-electron chi connectivity index (χ4n) is 1.37. The van der Waals surface area contributed by atoms with E-state index < -0.39 is 0 Å². The highest BCUT2D eigenvalue weighted by molar-refractivity contribution is 4.77. The molecule has 2 aliphatic rings. The maximum atomic E-state index is 5.30. The van der Waals surface area contributed by atoms with Crippen LogP contribution < -0.4 is 5.32 Å². The summed E-state index contributed by atoms with van der Waals surface area (Å²) in [7, 11) is 0. The van der Waals surface area contributed by atoms with Gasteiger partial charge >= 0.3 is 0 Å². The van der Waals surface area contributed by atoms with Crippen LogP contribution in [0.2, 0.25) is 0 Å². The van der Waals surface area contributed by atoms with Gasteiger partial charge < -0.3 is 4.74 Å². The number of rotatable bonds is 1. The number of ether oxygens (including phenoxy) is 1. The van der Waals surface area contributed by atoms with Gasteiger partial charge in [-0.1, -0.05) is 0 Å². The first-order valence-corrected chi connectivity index (χ1v) is 3.95. The molecular formula is C7H13N2O. The van der Waals surface area contributed by atoms with Crippen LogP contribution in [0, 0.1) is 0 Å². The molecule has 0 aromatic carbocycles. The van der Waals surface area contributed by atoms with Gasteiger partial charge in [0.15, 0.2) is 0 Å². The van der Waals surface area contributed by atoms with Gasteiger partial charge in [-0.2, -0.15) is 0 Å². The molecule has 0 aromatic rings. The van der Waals surface area contributed by atoms with E-state index in [1.54, 1.807) is 0 Å². The van der Waals surface area contributed by atoms with Gasteiger partial charge in [-0.05, 0) is 6.42 Å². The van der Waals surface area contributed by atoms with Crippen molar-refractivity contribution >= 4 is 0 Å². The Labute approximate surface area is 61.3 Å². The van der Waals surface area contributed by atoms with Crippen LogP contribution in [-0.4, -0.2) is 43.9 Å². The summed E-state index contributed by atoms with van der Waals surface area (Å²) in [5.74, 6) is 0. The molecule has 0 saturated carbocycles. The van der Waals surface area contributed by atoms with Crippen LogP contribution in [0.3, 0.4) is 0 Å². The maximum absolute atomic E-state index is 5.30. The number of hydrogen-bond acceptors (Lipinski definition) is 2. The van der Waals surface area contributed by atoms with Crippen LogP contribution >= 0.6 is 0 Å². The summed E-state index contributed by atoms with van der Waals surface area (Å²) >= 11 is 0. The predicted octanol–water partition coefficient (Wildman–Crippen LogP) is -0.347. The highest BCUT2D eigenvalue weighted by atomic mass is 16.5. The molecule has 0 amide bonds. The van der Waals surface area contributed by atoms with Crippen molar-refractivity contribution in [3.8, 4) is 0 Å². The third-order valence-electron chi connectivity index (χ3n) is 2.15. The second-order valence-corrected chi connectivity index (χ2v) is 2.85. The Morgan fingerprint density at radius 3 is 2.80 bits per heavy atom. The minimum absolute atomic E-state index is 0.391. The van der Waals surface area contributed by atoms with E-state index in [0.29, 0.717) is 6.17 Å². The molecule has 1 radical (unpaired) electrons. The average molecular weight is 141 g/mol. The van der Waals surface area contributed by atoms with Gasteiger partial charge in [0, 0.05) is 19.6 Å². The molecule has 2 rings (SSSR count). The molecule has 0 aliphatic carbocycles. The van der Waals surface area contributed by atoms with Crippen molar-refractivity contribution in [2.75, 3.05) is 32.8 Å². The zero-order valence-electron chi connectivity index (χ0n) is 6.12. The lowest BCUT2D eigenvalue weighted by molar-refractivity contribution is -0.0177. The third kappa shape index (κ3) is 1.17. The van der Waals surface area contributed by atoms with Crippen molar-refractivity contribution in [1.29, 1.82) is 0 Å². The van der Waals surface area contributed by atoms with Gasteiger partial charge in [-0.25, -0.2) is 5.32 Å². The number of likely N-dealkylation sites (tertiary alicyclic amines) is 1. The molecule has 0 spiro atoms. The van der Waals surface area contributed by atoms with Crippen molar-refractivity contribution in [3.63, 3.8) is 0 Å². The summed E-state index contributed by atoms with van der Waals surface area (Å²) < 4.78 is 5.30. The molecule has 2 aliphatic heterocycles. The smallest absolute Gasteiger partial charge is 0.0998 e. The van der Waals surface area contributed by atoms with Crippen molar-refractivity contribution in [1.82, 2.24) is 10.2 Å². The van der Waals surface area contributed by atoms with E-state index in [9.17, 15) is 0 Å². The minimum Gasteiger partial charge on any atom is -0.377 e. The second kappa shape index (κ2) is 2.86. The van der Waals surface area contributed by atoms with Crippen LogP contribution in [0.15, 0.2) is 0 Å². The topological polar surface area (TPSA) is 26.6 Å². The third-order valence-corrected chi connectivity index (χ3v) is 2.15. The second-order valence-electron chi connectivity index (χ2n) is 2.85. The van der Waals surface area contributed by atoms with E-state index >= 15 is 0 Å². The van der Waals surface area contributed by atoms with Gasteiger partial charge in [0.2, 0.25) is 0 Å². The Morgan fingerprint density at radius 1 is 1.40 bits per heavy atom. The fraction of sp³-hybridized carbons (Fsp3) is 1.00. The molecule has 2 heterocycles. The lowest BCUT2D eigenvalue weighted by Gasteiger charge is -2.39. The predicted molar refractivity (Wildman–Crippen MR) is 37.8 cm³/mol. The molecule has 2 saturated heterocycles. The van der Waals surface area contributed by atoms with Crippen molar-refractivity contribution < 1.29 is 4.74 Å². The van der Waals surface area contributed by atoms with E-state index in [4.69, 9.17) is 4.74 Å². The molecule has 0 bridgehead atoms. The first kappa shape index (κ1) is 6.58. The largest absolute Gasteiger partial charge is 0.377 e. The molecule has 0 N–H and O–H groups in total. The molecule has 10 heavy (non-hydrogen) atoms. The first-order chi connectivity index (χ1) is 4.97. The standard InChI is InChI=1S/C7H13N2O/c1-3-9(4-1)7-6-10-5-2-8-7/h7H,1-6H2. The summed E-state index contributed by atoms with van der Waals surface area (Å²) in [6.07, 6.45) is 1.73. The molecule has 3 nitrogen and oxygen atoms in total. The van der Waals surface area contributed by atoms with Gasteiger partial charge in [-0.3, -0.25) is 4.90 Å². The monoisotopic (exact) mass is 141 g/mol. The van der Waals surface area contributed by atoms with Crippen molar-refractivity contribution in [2.24, 2.45) is 0 Å². The Morgan fingerprint density at radius 2 is 2.30 bits per heavy atom. The molecule has 2 fully saturated rings. The normalized spacial score (nSPS) is 35.4. The van der Waals surface area contributed by atoms with Crippen LogP contribution in [-0.2, 0) is 4.74 Å². The highest BCUT2D eigenvalue weighted by Gasteiger charge is 2.25. The summed E-state index contributed by atoms with van der Waals surface area (Å²) in [5.41, 5.74) is 0. The van der Waals surface area contributed by atoms with Crippen LogP contribution in [0.5, 0.6) is 0 Å². The lowest BCUT2D eigenvalue weighted by Crippen LogP contribution is -2.54. The summed E-state index contributed by atoms with van der Waals surface area (Å²) in [4.78, 5) is 2.37. The van der Waals surface area contributed by atoms with Gasteiger partial charge in [0.1, 0.15) is 0 Å². The SMILES string of the molecule is C1CN(C2COCC[N]2)C1. The van der Waals surface area contributed by atoms with E-state index in [1.807, 2.05) is 0 Å². The quantitative estimate of drug-likeness (QED) is 0.499. The molecule has 1 atom stereocenters. The zero-order valence-corrected chi connectivity index (χ0v) is 6.12. The van der Waals surface area contributed by atoms with Crippen LogP contribution in [0.25, 0.3) is 0 Å². The molecular weight excluding hydrogens is 128 g/mol. The Balaban J connectivity index is 1.78. The average Bonchev–Trinajstić information content (AvgIpc) is 1.86. The fourth-order valence-corrected chi connectivity index (χ4v) is 1.37. The van der Waals surface area contributed by atoms with Gasteiger partial charge in [0.25, 0.3) is 0 Å². The lowest BCUT2D eigenvalue weighted by atomic mass is 10.2. The zero-order chi connectivity index (χ0) is 6.81. The highest BCUT2D eigenvalue weighted by Crippen LogP contribution is 2.11. The van der Waals surface area contributed by atoms with E-state index in [0.717, 1.165) is 19.8 Å². The summed E-state index contributed by atoms with van der Waals surface area (Å²) in [5, 5.41) is 4.45. The van der Waals surface area contributed by atoms with Crippen LogP contribution in [0.1, 0.15) is 6.42 Å². The number of hydrogen-bond donors (Lipinski definition) is 0. The van der Waals surface area contributed by atoms with Crippen molar-refractivity contribution in [3.05, 3.63) is 0 Å². The Bertz CT molecular complexity index is 108. The summed E-state index contributed by atoms with van der Waals surface area (Å²) in [6.45, 7) is 4.97. The Hall–Kier alpha value is -0.120. The first-order valence-electron chi connectivity index (χ1n) is 3.95. The molecule has 0 aromatic heterocycles. The minimum atomic E-state index is 0.391. The van der Waals surface area contributed by atoms with Gasteiger partial charge in [0.05, 0.1) is 19.4 Å². The maximum Gasteiger partial charge on any atom is 0.0998 e. The number of nitrogens with zero attached hydrogens (tertiary/aromatic N) is 2.